The third-order valence-electron chi connectivity index (χ3n) is 8.49. The Labute approximate surface area is 243 Å². The number of unbranched alkanes of at least 4 members (excludes halogenated alkanes) is 1. The largest absolute Gasteiger partial charge is 0.494 e. The Morgan fingerprint density at radius 2 is 1.78 bits per heavy atom. The molecule has 1 fully saturated rings. The number of carboxylic acids is 1. The number of nitrogens with zero attached hydrogens (tertiary/aromatic N) is 4. The molecular weight excluding hydrogens is 524 g/mol. The van der Waals surface area contributed by atoms with E-state index in [0.29, 0.717) is 32.7 Å². The molecule has 0 aliphatic carbocycles. The molecule has 0 saturated carbocycles. The molecule has 3 atom stereocenters. The molecule has 10 heteroatoms. The molecule has 1 saturated heterocycles. The lowest BCUT2D eigenvalue weighted by molar-refractivity contribution is -0.870. The summed E-state index contributed by atoms with van der Waals surface area (Å²) >= 11 is 0. The number of carboxylic acid groups (broad SMARTS) is 1. The van der Waals surface area contributed by atoms with E-state index in [9.17, 15) is 24.9 Å². The van der Waals surface area contributed by atoms with E-state index in [1.807, 2.05) is 21.9 Å². The zero-order valence-electron chi connectivity index (χ0n) is 25.0. The van der Waals surface area contributed by atoms with Crippen LogP contribution in [0.2, 0.25) is 0 Å². The Morgan fingerprint density at radius 3 is 2.44 bits per heavy atom. The summed E-state index contributed by atoms with van der Waals surface area (Å²) in [6.07, 6.45) is 3.96. The van der Waals surface area contributed by atoms with Gasteiger partial charge in [-0.3, -0.25) is 19.1 Å². The SMILES string of the molecule is CCCCN(CCC[N+](C)(C)C)C(=O)CN1C[C@H](c2ccc3c(c2)CCO3)C(C(=O)O)[C@@H]1CCn1c(O)ccc1O. The van der Waals surface area contributed by atoms with E-state index in [4.69, 9.17) is 4.74 Å². The molecule has 4 rings (SSSR count). The van der Waals surface area contributed by atoms with Gasteiger partial charge in [-0.15, -0.1) is 0 Å². The third kappa shape index (κ3) is 7.54. The van der Waals surface area contributed by atoms with Crippen LogP contribution in [-0.2, 0) is 22.6 Å². The summed E-state index contributed by atoms with van der Waals surface area (Å²) in [5.74, 6) is -1.24. The number of ether oxygens (including phenoxy) is 1. The van der Waals surface area contributed by atoms with Crippen LogP contribution in [0.5, 0.6) is 17.5 Å². The quantitative estimate of drug-likeness (QED) is 0.299. The molecule has 226 valence electrons. The van der Waals surface area contributed by atoms with E-state index in [1.54, 1.807) is 0 Å². The predicted molar refractivity (Wildman–Crippen MR) is 156 cm³/mol. The Hall–Kier alpha value is -3.24. The van der Waals surface area contributed by atoms with Gasteiger partial charge in [0.25, 0.3) is 0 Å². The number of fused-ring (bicyclic) bond motifs is 1. The Bertz CT molecular complexity index is 1190. The van der Waals surface area contributed by atoms with E-state index in [2.05, 4.69) is 34.1 Å². The van der Waals surface area contributed by atoms with Crippen molar-refractivity contribution in [1.29, 1.82) is 0 Å². The lowest BCUT2D eigenvalue weighted by Crippen LogP contribution is -2.45. The van der Waals surface area contributed by atoms with Crippen LogP contribution in [0.4, 0.5) is 0 Å². The van der Waals surface area contributed by atoms with Crippen LogP contribution >= 0.6 is 0 Å². The molecule has 2 aromatic rings. The second-order valence-corrected chi connectivity index (χ2v) is 12.5. The highest BCUT2D eigenvalue weighted by Crippen LogP contribution is 2.41. The zero-order chi connectivity index (χ0) is 29.7. The van der Waals surface area contributed by atoms with E-state index >= 15 is 0 Å². The molecule has 1 aromatic heterocycles. The first-order valence-corrected chi connectivity index (χ1v) is 14.9. The fourth-order valence-electron chi connectivity index (χ4n) is 6.28. The van der Waals surface area contributed by atoms with E-state index in [0.717, 1.165) is 53.6 Å². The third-order valence-corrected chi connectivity index (χ3v) is 8.49. The second kappa shape index (κ2) is 13.2. The number of carbonyl (C=O) groups is 2. The number of hydrogen-bond donors (Lipinski definition) is 3. The number of rotatable bonds is 14. The van der Waals surface area contributed by atoms with Gasteiger partial charge in [-0.1, -0.05) is 25.5 Å². The van der Waals surface area contributed by atoms with E-state index in [1.165, 1.54) is 16.7 Å². The van der Waals surface area contributed by atoms with Gasteiger partial charge in [0, 0.05) is 63.1 Å². The molecule has 10 nitrogen and oxygen atoms in total. The molecule has 2 aliphatic rings. The monoisotopic (exact) mass is 571 g/mol. The van der Waals surface area contributed by atoms with Gasteiger partial charge >= 0.3 is 5.97 Å². The van der Waals surface area contributed by atoms with Crippen molar-refractivity contribution in [1.82, 2.24) is 14.4 Å². The van der Waals surface area contributed by atoms with Crippen LogP contribution < -0.4 is 4.74 Å². The number of likely N-dealkylation sites (tertiary alicyclic amines) is 1. The van der Waals surface area contributed by atoms with Crippen LogP contribution in [0.15, 0.2) is 30.3 Å². The lowest BCUT2D eigenvalue weighted by Gasteiger charge is -2.31. The molecule has 2 aliphatic heterocycles. The summed E-state index contributed by atoms with van der Waals surface area (Å²) in [6, 6.07) is 8.32. The van der Waals surface area contributed by atoms with Crippen molar-refractivity contribution in [2.24, 2.45) is 5.92 Å². The van der Waals surface area contributed by atoms with Crippen LogP contribution in [0.25, 0.3) is 0 Å². The number of benzene rings is 1. The molecule has 3 N–H and O–H groups in total. The summed E-state index contributed by atoms with van der Waals surface area (Å²) < 4.78 is 7.87. The van der Waals surface area contributed by atoms with Gasteiger partial charge in [-0.05, 0) is 30.0 Å². The van der Waals surface area contributed by atoms with E-state index < -0.39 is 17.9 Å². The number of carbonyl (C=O) groups excluding carboxylic acids is 1. The van der Waals surface area contributed by atoms with Crippen LogP contribution in [-0.4, -0.2) is 113 Å². The molecule has 0 spiro atoms. The molecule has 1 unspecified atom stereocenters. The Morgan fingerprint density at radius 1 is 1.07 bits per heavy atom. The highest BCUT2D eigenvalue weighted by atomic mass is 16.5. The summed E-state index contributed by atoms with van der Waals surface area (Å²) in [7, 11) is 6.43. The minimum absolute atomic E-state index is 0.0173. The normalized spacial score (nSPS) is 20.6. The number of hydrogen-bond acceptors (Lipinski definition) is 6. The summed E-state index contributed by atoms with van der Waals surface area (Å²) in [5, 5.41) is 30.9. The number of aromatic nitrogens is 1. The van der Waals surface area contributed by atoms with Gasteiger partial charge in [0.05, 0.1) is 46.8 Å². The summed E-state index contributed by atoms with van der Waals surface area (Å²) in [6.45, 7) is 5.87. The number of amides is 1. The zero-order valence-corrected chi connectivity index (χ0v) is 25.0. The number of aliphatic carboxylic acids is 1. The summed E-state index contributed by atoms with van der Waals surface area (Å²) in [4.78, 5) is 30.5. The van der Waals surface area contributed by atoms with Crippen molar-refractivity contribution in [3.05, 3.63) is 41.5 Å². The maximum Gasteiger partial charge on any atom is 0.308 e. The first-order valence-electron chi connectivity index (χ1n) is 14.9. The average molecular weight is 572 g/mol. The topological polar surface area (TPSA) is 115 Å². The van der Waals surface area contributed by atoms with E-state index in [-0.39, 0.29) is 36.7 Å². The molecule has 0 radical (unpaired) electrons. The standard InChI is InChI=1S/C31H46N4O6/c1-5-6-14-32(15-7-17-35(2,3)4)29(38)21-33-20-24(22-8-9-26-23(19-22)13-18-41-26)30(31(39)40)25(33)12-16-34-27(36)10-11-28(34)37/h8-11,19,24-25,30H,5-7,12-18,20-21H2,1-4H3,(H2-,36,37,39,40)/p+1/t24-,25+,30?/m1/s1. The second-order valence-electron chi connectivity index (χ2n) is 12.5. The van der Waals surface area contributed by atoms with Gasteiger partial charge in [0.2, 0.25) is 5.91 Å². The molecule has 41 heavy (non-hydrogen) atoms. The fourth-order valence-corrected chi connectivity index (χ4v) is 6.28. The Balaban J connectivity index is 1.58. The lowest BCUT2D eigenvalue weighted by atomic mass is 9.83. The van der Waals surface area contributed by atoms with Gasteiger partial charge in [-0.25, -0.2) is 0 Å². The minimum atomic E-state index is -0.904. The van der Waals surface area contributed by atoms with Crippen molar-refractivity contribution in [3.8, 4) is 17.5 Å². The molecular formula is C31H47N4O6+. The van der Waals surface area contributed by atoms with Crippen LogP contribution in [0.3, 0.4) is 0 Å². The summed E-state index contributed by atoms with van der Waals surface area (Å²) in [5.41, 5.74) is 2.03. The maximum atomic E-state index is 13.8. The molecule has 1 amide bonds. The van der Waals surface area contributed by atoms with Crippen molar-refractivity contribution in [2.45, 2.75) is 57.5 Å². The molecule has 1 aromatic carbocycles. The van der Waals surface area contributed by atoms with Crippen molar-refractivity contribution >= 4 is 11.9 Å². The maximum absolute atomic E-state index is 13.8. The van der Waals surface area contributed by atoms with Crippen molar-refractivity contribution in [3.63, 3.8) is 0 Å². The van der Waals surface area contributed by atoms with Gasteiger partial charge in [0.15, 0.2) is 11.8 Å². The van der Waals surface area contributed by atoms with Gasteiger partial charge in [-0.2, -0.15) is 0 Å². The minimum Gasteiger partial charge on any atom is -0.494 e. The highest BCUT2D eigenvalue weighted by molar-refractivity contribution is 5.79. The van der Waals surface area contributed by atoms with Crippen molar-refractivity contribution in [2.75, 3.05) is 60.5 Å². The number of aromatic hydroxyl groups is 2. The molecule has 0 bridgehead atoms. The van der Waals surface area contributed by atoms with Crippen LogP contribution in [0, 0.1) is 5.92 Å². The van der Waals surface area contributed by atoms with Crippen LogP contribution in [0.1, 0.15) is 49.7 Å². The average Bonchev–Trinajstić information content (AvgIpc) is 3.61. The number of quaternary nitrogens is 1. The predicted octanol–water partition coefficient (Wildman–Crippen LogP) is 3.12. The smallest absolute Gasteiger partial charge is 0.308 e. The first-order chi connectivity index (χ1) is 19.5. The first kappa shape index (κ1) is 30.7. The van der Waals surface area contributed by atoms with Crippen molar-refractivity contribution < 1.29 is 34.1 Å². The highest BCUT2D eigenvalue weighted by Gasteiger charge is 2.47. The van der Waals surface area contributed by atoms with Gasteiger partial charge < -0.3 is 29.4 Å². The Kier molecular flexibility index (Phi) is 9.86. The fraction of sp³-hybridized carbons (Fsp3) is 0.613. The van der Waals surface area contributed by atoms with Gasteiger partial charge in [0.1, 0.15) is 5.75 Å². The molecule has 3 heterocycles.